The van der Waals surface area contributed by atoms with Crippen molar-refractivity contribution >= 4 is 74.9 Å². The molecular formula is C52H52N12O4. The summed E-state index contributed by atoms with van der Waals surface area (Å²) in [6, 6.07) is 39.1. The normalized spacial score (nSPS) is 13.7. The smallest absolute Gasteiger partial charge is 0.300 e. The second kappa shape index (κ2) is 20.4. The first-order valence-electron chi connectivity index (χ1n) is 20.6. The van der Waals surface area contributed by atoms with Gasteiger partial charge in [0.2, 0.25) is 0 Å². The largest absolute Gasteiger partial charge is 0.481 e. The number of nitrogens with one attached hydrogen (secondary N) is 2. The van der Waals surface area contributed by atoms with Gasteiger partial charge in [-0.1, -0.05) is 73.7 Å². The number of rotatable bonds is 8. The average molecular weight is 909 g/mol. The van der Waals surface area contributed by atoms with Gasteiger partial charge in [0.25, 0.3) is 5.97 Å². The molecule has 68 heavy (non-hydrogen) atoms. The third kappa shape index (κ3) is 10.4. The second-order valence-corrected chi connectivity index (χ2v) is 15.8. The standard InChI is InChI=1S/C24H20N6O2.C24H20N6.C2H4O2.2CH4/c25-23(29-31)15-5-7-19-17(9-15)11-21(27-19)13-1-2-14(4-3-13)22-12-18-10-16(24(26)30-32)6-8-20(18)28-22;25-23(26)15-5-7-19-17(9-15)11-21(29-19)13-1-2-14(4-3-13)22-12-18-10-16(24(27)28)6-8-20(18)30-22;1-2(3)4;;/h1-10,31-32H,11-12H2,(H2,25,29)(H2,26,30);1-10H,11-12H2,(H3,25,26)(H3,27,28);1H3,(H,3,4);2*1H4. The van der Waals surface area contributed by atoms with Crippen LogP contribution in [-0.4, -0.2) is 67.7 Å². The molecule has 13 N–H and O–H groups in total. The molecule has 6 aromatic carbocycles. The number of carboxylic acid groups (broad SMARTS) is 1. The fourth-order valence-electron chi connectivity index (χ4n) is 7.95. The molecule has 16 heteroatoms. The van der Waals surface area contributed by atoms with Crippen molar-refractivity contribution in [2.75, 3.05) is 0 Å². The molecule has 16 nitrogen and oxygen atoms in total. The van der Waals surface area contributed by atoms with Gasteiger partial charge in [-0.15, -0.1) is 0 Å². The maximum atomic E-state index is 9.00. The second-order valence-electron chi connectivity index (χ2n) is 15.8. The van der Waals surface area contributed by atoms with Crippen LogP contribution < -0.4 is 22.9 Å². The van der Waals surface area contributed by atoms with Crippen LogP contribution in [0.3, 0.4) is 0 Å². The Bertz CT molecular complexity index is 2960. The molecule has 0 spiro atoms. The van der Waals surface area contributed by atoms with Gasteiger partial charge in [-0.05, 0) is 117 Å². The van der Waals surface area contributed by atoms with E-state index in [1.54, 1.807) is 12.1 Å². The molecule has 0 unspecified atom stereocenters. The van der Waals surface area contributed by atoms with Crippen LogP contribution in [0.1, 0.15) is 88.5 Å². The van der Waals surface area contributed by atoms with Gasteiger partial charge in [-0.25, -0.2) is 0 Å². The number of aliphatic carboxylic acids is 1. The van der Waals surface area contributed by atoms with E-state index in [0.29, 0.717) is 24.0 Å². The fraction of sp³-hybridized carbons (Fsp3) is 0.135. The SMILES string of the molecule is C.C.CC(=O)O.N=C(N)c1ccc2c(c1)CC(c1ccc(C3=Nc4ccc(C(=N)N)cc4C3)cc1)=N2.NC(=NO)c1ccc2c(c1)CC(c1ccc(C3=Nc4ccc(C(N)=NO)cc4C3)cc1)=N2. The van der Waals surface area contributed by atoms with Crippen LogP contribution in [0.5, 0.6) is 0 Å². The molecule has 0 bridgehead atoms. The number of nitrogens with zero attached hydrogens (tertiary/aromatic N) is 6. The van der Waals surface area contributed by atoms with Gasteiger partial charge < -0.3 is 38.5 Å². The molecular weight excluding hydrogens is 857 g/mol. The van der Waals surface area contributed by atoms with Crippen LogP contribution in [0.15, 0.2) is 152 Å². The Kier molecular flexibility index (Phi) is 14.5. The molecule has 6 aromatic rings. The Hall–Kier alpha value is -9.05. The van der Waals surface area contributed by atoms with Crippen molar-refractivity contribution < 1.29 is 20.3 Å². The van der Waals surface area contributed by atoms with Crippen LogP contribution in [0.2, 0.25) is 0 Å². The highest BCUT2D eigenvalue weighted by Crippen LogP contribution is 2.34. The predicted octanol–water partition coefficient (Wildman–Crippen LogP) is 8.20. The molecule has 0 amide bonds. The molecule has 10 rings (SSSR count). The summed E-state index contributed by atoms with van der Waals surface area (Å²) in [6.45, 7) is 1.08. The first kappa shape index (κ1) is 48.4. The number of carboxylic acids is 1. The molecule has 0 atom stereocenters. The zero-order chi connectivity index (χ0) is 46.6. The average Bonchev–Trinajstić information content (AvgIpc) is 4.14. The molecule has 0 fully saturated rings. The Morgan fingerprint density at radius 1 is 0.456 bits per heavy atom. The number of nitrogen functional groups attached to an aromatic ring is 2. The van der Waals surface area contributed by atoms with Crippen molar-refractivity contribution in [2.45, 2.75) is 47.5 Å². The van der Waals surface area contributed by atoms with Gasteiger partial charge in [0.15, 0.2) is 11.7 Å². The van der Waals surface area contributed by atoms with Crippen molar-refractivity contribution in [3.8, 4) is 0 Å². The zero-order valence-electron chi connectivity index (χ0n) is 35.6. The van der Waals surface area contributed by atoms with Crippen LogP contribution in [0.4, 0.5) is 22.7 Å². The van der Waals surface area contributed by atoms with E-state index in [1.165, 1.54) is 0 Å². The monoisotopic (exact) mass is 908 g/mol. The van der Waals surface area contributed by atoms with Gasteiger partial charge in [0.1, 0.15) is 11.7 Å². The van der Waals surface area contributed by atoms with E-state index >= 15 is 0 Å². The maximum Gasteiger partial charge on any atom is 0.300 e. The van der Waals surface area contributed by atoms with Gasteiger partial charge >= 0.3 is 0 Å². The minimum absolute atomic E-state index is 0. The lowest BCUT2D eigenvalue weighted by Gasteiger charge is -2.05. The number of benzene rings is 6. The quantitative estimate of drug-likeness (QED) is 0.0309. The molecule has 0 aromatic heterocycles. The molecule has 4 aliphatic rings. The zero-order valence-corrected chi connectivity index (χ0v) is 35.6. The highest BCUT2D eigenvalue weighted by atomic mass is 16.4. The van der Waals surface area contributed by atoms with Crippen LogP contribution in [0.25, 0.3) is 0 Å². The number of amidine groups is 4. The van der Waals surface area contributed by atoms with Crippen molar-refractivity contribution in [1.82, 2.24) is 0 Å². The third-order valence-electron chi connectivity index (χ3n) is 11.3. The van der Waals surface area contributed by atoms with E-state index < -0.39 is 5.97 Å². The summed E-state index contributed by atoms with van der Waals surface area (Å²) in [5, 5.41) is 46.6. The molecule has 344 valence electrons. The van der Waals surface area contributed by atoms with E-state index in [-0.39, 0.29) is 38.2 Å². The van der Waals surface area contributed by atoms with Crippen molar-refractivity contribution in [1.29, 1.82) is 10.8 Å². The number of hydrogen-bond acceptors (Lipinski definition) is 11. The Labute approximate surface area is 393 Å². The highest BCUT2D eigenvalue weighted by Gasteiger charge is 2.22. The fourth-order valence-corrected chi connectivity index (χ4v) is 7.95. The highest BCUT2D eigenvalue weighted by molar-refractivity contribution is 6.12. The summed E-state index contributed by atoms with van der Waals surface area (Å²) in [4.78, 5) is 28.0. The van der Waals surface area contributed by atoms with E-state index in [9.17, 15) is 0 Å². The van der Waals surface area contributed by atoms with Gasteiger partial charge in [0, 0.05) is 54.9 Å². The topological polar surface area (TPSA) is 304 Å². The minimum Gasteiger partial charge on any atom is -0.481 e. The number of nitrogens with two attached hydrogens (primary N) is 4. The molecule has 0 saturated carbocycles. The van der Waals surface area contributed by atoms with Crippen LogP contribution in [-0.2, 0) is 30.5 Å². The number of fused-ring (bicyclic) bond motifs is 4. The summed E-state index contributed by atoms with van der Waals surface area (Å²) in [5.74, 6) is -0.515. The first-order chi connectivity index (χ1) is 31.8. The lowest BCUT2D eigenvalue weighted by molar-refractivity contribution is -0.134. The van der Waals surface area contributed by atoms with E-state index in [0.717, 1.165) is 121 Å². The summed E-state index contributed by atoms with van der Waals surface area (Å²) in [7, 11) is 0. The van der Waals surface area contributed by atoms with Crippen molar-refractivity contribution in [3.63, 3.8) is 0 Å². The molecule has 0 radical (unpaired) electrons. The summed E-state index contributed by atoms with van der Waals surface area (Å²) in [6.07, 6.45) is 2.83. The van der Waals surface area contributed by atoms with Gasteiger partial charge in [0.05, 0.1) is 45.6 Å². The first-order valence-corrected chi connectivity index (χ1v) is 20.6. The Morgan fingerprint density at radius 2 is 0.676 bits per heavy atom. The van der Waals surface area contributed by atoms with Crippen LogP contribution in [0, 0.1) is 10.8 Å². The summed E-state index contributed by atoms with van der Waals surface area (Å²) in [5.41, 5.74) is 41.6. The van der Waals surface area contributed by atoms with Gasteiger partial charge in [-0.2, -0.15) is 0 Å². The number of oxime groups is 2. The maximum absolute atomic E-state index is 9.00. The third-order valence-corrected chi connectivity index (χ3v) is 11.3. The lowest BCUT2D eigenvalue weighted by Crippen LogP contribution is -2.13. The molecule has 4 aliphatic heterocycles. The Morgan fingerprint density at radius 3 is 0.897 bits per heavy atom. The van der Waals surface area contributed by atoms with Crippen LogP contribution >= 0.6 is 0 Å². The molecule has 0 saturated heterocycles. The van der Waals surface area contributed by atoms with E-state index in [4.69, 9.17) is 74.0 Å². The summed E-state index contributed by atoms with van der Waals surface area (Å²) >= 11 is 0. The molecule has 4 heterocycles. The number of carbonyl (C=O) groups is 1. The molecule has 0 aliphatic carbocycles. The van der Waals surface area contributed by atoms with Gasteiger partial charge in [-0.3, -0.25) is 35.6 Å². The minimum atomic E-state index is -0.833. The summed E-state index contributed by atoms with van der Waals surface area (Å²) < 4.78 is 0. The lowest BCUT2D eigenvalue weighted by atomic mass is 9.98. The van der Waals surface area contributed by atoms with Crippen molar-refractivity contribution in [2.24, 2.45) is 53.2 Å². The Balaban J connectivity index is 0.000000202. The predicted molar refractivity (Wildman–Crippen MR) is 272 cm³/mol. The number of aliphatic imine (C=N–C) groups is 4. The van der Waals surface area contributed by atoms with Crippen molar-refractivity contribution in [3.05, 3.63) is 188 Å². The number of hydrogen-bond donors (Lipinski definition) is 9. The van der Waals surface area contributed by atoms with E-state index in [2.05, 4.69) is 58.8 Å². The van der Waals surface area contributed by atoms with E-state index in [1.807, 2.05) is 60.7 Å².